The van der Waals surface area contributed by atoms with Gasteiger partial charge in [0.25, 0.3) is 5.91 Å². The summed E-state index contributed by atoms with van der Waals surface area (Å²) in [7, 11) is 0. The summed E-state index contributed by atoms with van der Waals surface area (Å²) in [6.07, 6.45) is 1.44. The van der Waals surface area contributed by atoms with Crippen LogP contribution in [0, 0.1) is 19.7 Å². The average Bonchev–Trinajstić information content (AvgIpc) is 2.87. The molecule has 0 unspecified atom stereocenters. The van der Waals surface area contributed by atoms with Crippen molar-refractivity contribution in [1.82, 2.24) is 14.6 Å². The molecule has 0 fully saturated rings. The van der Waals surface area contributed by atoms with E-state index >= 15 is 0 Å². The minimum absolute atomic E-state index is 0.00176. The minimum Gasteiger partial charge on any atom is -0.322 e. The molecule has 0 aliphatic carbocycles. The standard InChI is InChI=1S/C15H12ClFN4O/c1-8-5-9(2)21-14(19-8)11(7-18-21)15(22)20-10-3-4-12(16)13(17)6-10/h3-7H,1-2H3,(H,20,22). The summed E-state index contributed by atoms with van der Waals surface area (Å²) in [5.74, 6) is -1.00. The normalized spacial score (nSPS) is 10.9. The molecule has 2 aromatic heterocycles. The lowest BCUT2D eigenvalue weighted by Crippen LogP contribution is -2.12. The van der Waals surface area contributed by atoms with Crippen molar-refractivity contribution in [3.63, 3.8) is 0 Å². The number of carbonyl (C=O) groups excluding carboxylic acids is 1. The van der Waals surface area contributed by atoms with Gasteiger partial charge < -0.3 is 5.32 Å². The number of hydrogen-bond donors (Lipinski definition) is 1. The second kappa shape index (κ2) is 5.38. The lowest BCUT2D eigenvalue weighted by molar-refractivity contribution is 0.102. The maximum Gasteiger partial charge on any atom is 0.261 e. The zero-order valence-electron chi connectivity index (χ0n) is 11.9. The summed E-state index contributed by atoms with van der Waals surface area (Å²) in [6.45, 7) is 3.72. The third-order valence-electron chi connectivity index (χ3n) is 3.20. The molecule has 2 heterocycles. The highest BCUT2D eigenvalue weighted by Gasteiger charge is 2.16. The van der Waals surface area contributed by atoms with Gasteiger partial charge in [0.1, 0.15) is 11.4 Å². The van der Waals surface area contributed by atoms with Gasteiger partial charge in [-0.2, -0.15) is 5.10 Å². The number of nitrogens with one attached hydrogen (secondary N) is 1. The van der Waals surface area contributed by atoms with Crippen LogP contribution in [0.5, 0.6) is 0 Å². The Bertz CT molecular complexity index is 891. The number of fused-ring (bicyclic) bond motifs is 1. The van der Waals surface area contributed by atoms with Gasteiger partial charge in [-0.25, -0.2) is 13.9 Å². The topological polar surface area (TPSA) is 59.3 Å². The Morgan fingerprint density at radius 3 is 2.82 bits per heavy atom. The highest BCUT2D eigenvalue weighted by Crippen LogP contribution is 2.20. The molecule has 1 amide bonds. The van der Waals surface area contributed by atoms with Crippen LogP contribution in [-0.2, 0) is 0 Å². The number of amides is 1. The fourth-order valence-corrected chi connectivity index (χ4v) is 2.32. The van der Waals surface area contributed by atoms with E-state index in [0.29, 0.717) is 16.9 Å². The lowest BCUT2D eigenvalue weighted by atomic mass is 10.2. The van der Waals surface area contributed by atoms with Crippen LogP contribution in [0.4, 0.5) is 10.1 Å². The molecule has 0 radical (unpaired) electrons. The van der Waals surface area contributed by atoms with E-state index in [4.69, 9.17) is 11.6 Å². The zero-order chi connectivity index (χ0) is 15.9. The lowest BCUT2D eigenvalue weighted by Gasteiger charge is -2.05. The van der Waals surface area contributed by atoms with E-state index in [1.54, 1.807) is 4.52 Å². The Balaban J connectivity index is 1.97. The summed E-state index contributed by atoms with van der Waals surface area (Å²) >= 11 is 5.62. The molecule has 0 aliphatic heterocycles. The van der Waals surface area contributed by atoms with E-state index in [9.17, 15) is 9.18 Å². The van der Waals surface area contributed by atoms with Gasteiger partial charge in [-0.1, -0.05) is 11.6 Å². The molecule has 1 aromatic carbocycles. The van der Waals surface area contributed by atoms with Crippen molar-refractivity contribution in [2.75, 3.05) is 5.32 Å². The first-order valence-electron chi connectivity index (χ1n) is 6.54. The monoisotopic (exact) mass is 318 g/mol. The van der Waals surface area contributed by atoms with Crippen molar-refractivity contribution < 1.29 is 9.18 Å². The molecule has 0 atom stereocenters. The predicted octanol–water partition coefficient (Wildman–Crippen LogP) is 3.39. The molecule has 3 aromatic rings. The zero-order valence-corrected chi connectivity index (χ0v) is 12.6. The van der Waals surface area contributed by atoms with Crippen LogP contribution >= 0.6 is 11.6 Å². The first-order valence-corrected chi connectivity index (χ1v) is 6.92. The van der Waals surface area contributed by atoms with Gasteiger partial charge in [-0.05, 0) is 38.1 Å². The van der Waals surface area contributed by atoms with Crippen LogP contribution in [0.3, 0.4) is 0 Å². The summed E-state index contributed by atoms with van der Waals surface area (Å²) < 4.78 is 15.0. The summed E-state index contributed by atoms with van der Waals surface area (Å²) in [5, 5.41) is 6.77. The number of halogens is 2. The molecule has 112 valence electrons. The van der Waals surface area contributed by atoms with Gasteiger partial charge in [0, 0.05) is 17.1 Å². The van der Waals surface area contributed by atoms with Crippen molar-refractivity contribution >= 4 is 28.8 Å². The van der Waals surface area contributed by atoms with Crippen molar-refractivity contribution in [2.24, 2.45) is 0 Å². The molecule has 0 aliphatic rings. The first-order chi connectivity index (χ1) is 10.5. The molecule has 3 rings (SSSR count). The summed E-state index contributed by atoms with van der Waals surface area (Å²) in [4.78, 5) is 16.7. The van der Waals surface area contributed by atoms with Crippen molar-refractivity contribution in [3.05, 3.63) is 58.3 Å². The van der Waals surface area contributed by atoms with E-state index in [0.717, 1.165) is 17.5 Å². The molecule has 0 bridgehead atoms. The van der Waals surface area contributed by atoms with Gasteiger partial charge in [0.2, 0.25) is 0 Å². The maximum atomic E-state index is 13.4. The molecular weight excluding hydrogens is 307 g/mol. The molecule has 0 saturated carbocycles. The smallest absolute Gasteiger partial charge is 0.261 e. The van der Waals surface area contributed by atoms with Gasteiger partial charge >= 0.3 is 0 Å². The fraction of sp³-hybridized carbons (Fsp3) is 0.133. The molecular formula is C15H12ClFN4O. The van der Waals surface area contributed by atoms with Crippen molar-refractivity contribution in [1.29, 1.82) is 0 Å². The maximum absolute atomic E-state index is 13.4. The van der Waals surface area contributed by atoms with Crippen LogP contribution in [0.15, 0.2) is 30.5 Å². The molecule has 7 heteroatoms. The number of rotatable bonds is 2. The van der Waals surface area contributed by atoms with E-state index in [-0.39, 0.29) is 5.02 Å². The third-order valence-corrected chi connectivity index (χ3v) is 3.51. The van der Waals surface area contributed by atoms with E-state index in [1.807, 2.05) is 19.9 Å². The number of benzene rings is 1. The Labute approximate surface area is 130 Å². The number of anilines is 1. The molecule has 5 nitrogen and oxygen atoms in total. The van der Waals surface area contributed by atoms with Crippen LogP contribution in [0.1, 0.15) is 21.7 Å². The second-order valence-electron chi connectivity index (χ2n) is 4.92. The highest BCUT2D eigenvalue weighted by molar-refractivity contribution is 6.30. The minimum atomic E-state index is -0.593. The third kappa shape index (κ3) is 2.53. The van der Waals surface area contributed by atoms with Gasteiger partial charge in [-0.3, -0.25) is 4.79 Å². The number of nitrogens with zero attached hydrogens (tertiary/aromatic N) is 3. The van der Waals surface area contributed by atoms with Crippen LogP contribution < -0.4 is 5.32 Å². The van der Waals surface area contributed by atoms with Gasteiger partial charge in [0.15, 0.2) is 5.65 Å². The van der Waals surface area contributed by atoms with Crippen molar-refractivity contribution in [3.8, 4) is 0 Å². The average molecular weight is 319 g/mol. The summed E-state index contributed by atoms with van der Waals surface area (Å²) in [6, 6.07) is 5.94. The Kier molecular flexibility index (Phi) is 3.54. The number of carbonyl (C=O) groups is 1. The van der Waals surface area contributed by atoms with Crippen molar-refractivity contribution in [2.45, 2.75) is 13.8 Å². The SMILES string of the molecule is Cc1cc(C)n2ncc(C(=O)Nc3ccc(Cl)c(F)c3)c2n1. The fourth-order valence-electron chi connectivity index (χ4n) is 2.20. The Morgan fingerprint density at radius 2 is 2.09 bits per heavy atom. The van der Waals surface area contributed by atoms with E-state index in [1.165, 1.54) is 18.3 Å². The van der Waals surface area contributed by atoms with Crippen LogP contribution in [0.25, 0.3) is 5.65 Å². The number of aryl methyl sites for hydroxylation is 2. The van der Waals surface area contributed by atoms with Crippen LogP contribution in [0.2, 0.25) is 5.02 Å². The Hall–Kier alpha value is -2.47. The second-order valence-corrected chi connectivity index (χ2v) is 5.32. The molecule has 22 heavy (non-hydrogen) atoms. The van der Waals surface area contributed by atoms with Gasteiger partial charge in [0.05, 0.1) is 11.2 Å². The number of aromatic nitrogens is 3. The molecule has 1 N–H and O–H groups in total. The number of hydrogen-bond acceptors (Lipinski definition) is 3. The highest BCUT2D eigenvalue weighted by atomic mass is 35.5. The predicted molar refractivity (Wildman–Crippen MR) is 81.8 cm³/mol. The first kappa shape index (κ1) is 14.5. The molecule has 0 spiro atoms. The largest absolute Gasteiger partial charge is 0.322 e. The molecule has 0 saturated heterocycles. The Morgan fingerprint density at radius 1 is 1.32 bits per heavy atom. The summed E-state index contributed by atoms with van der Waals surface area (Å²) in [5.41, 5.74) is 2.76. The quantitative estimate of drug-likeness (QED) is 0.788. The van der Waals surface area contributed by atoms with Crippen LogP contribution in [-0.4, -0.2) is 20.5 Å². The van der Waals surface area contributed by atoms with E-state index in [2.05, 4.69) is 15.4 Å². The van der Waals surface area contributed by atoms with E-state index < -0.39 is 11.7 Å². The van der Waals surface area contributed by atoms with Gasteiger partial charge in [-0.15, -0.1) is 0 Å².